The van der Waals surface area contributed by atoms with E-state index in [1.165, 1.54) is 12.4 Å². The molecular weight excluding hydrogens is 476 g/mol. The molecule has 1 aromatic heterocycles. The summed E-state index contributed by atoms with van der Waals surface area (Å²) in [6.07, 6.45) is 2.46. The number of hydrogen-bond donors (Lipinski definition) is 0. The van der Waals surface area contributed by atoms with Gasteiger partial charge in [-0.3, -0.25) is 0 Å². The number of halogens is 8. The van der Waals surface area contributed by atoms with Crippen LogP contribution in [0.15, 0.2) is 9.98 Å². The molecule has 4 aromatic carbocycles. The number of benzene rings is 2. The van der Waals surface area contributed by atoms with Crippen LogP contribution in [0.2, 0.25) is 0 Å². The predicted octanol–water partition coefficient (Wildman–Crippen LogP) is 3.84. The molecule has 6 nitrogen and oxygen atoms in total. The van der Waals surface area contributed by atoms with E-state index in [9.17, 15) is 35.1 Å². The maximum absolute atomic E-state index is 14.6. The summed E-state index contributed by atoms with van der Waals surface area (Å²) in [6.45, 7) is 0. The zero-order chi connectivity index (χ0) is 24.6. The lowest BCUT2D eigenvalue weighted by Crippen LogP contribution is -2.06. The van der Waals surface area contributed by atoms with Gasteiger partial charge in [-0.25, -0.2) is 45.1 Å². The van der Waals surface area contributed by atoms with Gasteiger partial charge < -0.3 is 0 Å². The van der Waals surface area contributed by atoms with Gasteiger partial charge in [0.2, 0.25) is 12.4 Å². The Kier molecular flexibility index (Phi) is 4.28. The number of nitriles is 2. The van der Waals surface area contributed by atoms with Crippen molar-refractivity contribution in [3.8, 4) is 12.4 Å². The van der Waals surface area contributed by atoms with Gasteiger partial charge in [0.25, 0.3) is 0 Å². The maximum Gasteiger partial charge on any atom is 0.206 e. The van der Waals surface area contributed by atoms with Gasteiger partial charge in [-0.05, 0) is 0 Å². The maximum atomic E-state index is 14.6. The van der Waals surface area contributed by atoms with Crippen LogP contribution in [0.3, 0.4) is 0 Å². The molecule has 0 aliphatic carbocycles. The molecule has 0 radical (unpaired) electrons. The second-order valence-corrected chi connectivity index (χ2v) is 6.75. The lowest BCUT2D eigenvalue weighted by Gasteiger charge is -2.00. The Labute approximate surface area is 179 Å². The van der Waals surface area contributed by atoms with Crippen molar-refractivity contribution >= 4 is 43.6 Å². The van der Waals surface area contributed by atoms with E-state index in [-0.39, 0.29) is 0 Å². The summed E-state index contributed by atoms with van der Waals surface area (Å²) in [7, 11) is 0. The summed E-state index contributed by atoms with van der Waals surface area (Å²) >= 11 is 0. The zero-order valence-corrected chi connectivity index (χ0v) is 15.7. The van der Waals surface area contributed by atoms with Crippen molar-refractivity contribution in [3.63, 3.8) is 0 Å². The van der Waals surface area contributed by atoms with Crippen molar-refractivity contribution in [1.82, 2.24) is 9.97 Å². The fraction of sp³-hybridized carbons (Fsp3) is 0. The van der Waals surface area contributed by atoms with Crippen molar-refractivity contribution in [2.45, 2.75) is 0 Å². The number of fused-ring (bicyclic) bond motifs is 6. The summed E-state index contributed by atoms with van der Waals surface area (Å²) in [6, 6.07) is 0. The molecule has 0 amide bonds. The first kappa shape index (κ1) is 21.1. The Morgan fingerprint density at radius 2 is 0.735 bits per heavy atom. The van der Waals surface area contributed by atoms with Crippen LogP contribution < -0.4 is 10.7 Å². The minimum atomic E-state index is -2.24. The monoisotopic (exact) mass is 476 g/mol. The van der Waals surface area contributed by atoms with Crippen molar-refractivity contribution in [2.75, 3.05) is 0 Å². The molecule has 0 saturated heterocycles. The Balaban J connectivity index is 2.22. The number of rotatable bonds is 0. The molecule has 0 saturated carbocycles. The van der Waals surface area contributed by atoms with Crippen LogP contribution in [0, 0.1) is 69.4 Å². The predicted molar refractivity (Wildman–Crippen MR) is 96.4 cm³/mol. The zero-order valence-electron chi connectivity index (χ0n) is 15.7. The van der Waals surface area contributed by atoms with E-state index in [1.54, 1.807) is 0 Å². The molecule has 34 heavy (non-hydrogen) atoms. The lowest BCUT2D eigenvalue weighted by molar-refractivity contribution is 0.418. The average molecular weight is 476 g/mol. The van der Waals surface area contributed by atoms with E-state index in [0.717, 1.165) is 0 Å². The van der Waals surface area contributed by atoms with E-state index in [1.807, 2.05) is 0 Å². The molecule has 0 aliphatic rings. The average Bonchev–Trinajstić information content (AvgIpc) is 3.30. The highest BCUT2D eigenvalue weighted by Crippen LogP contribution is 2.35. The van der Waals surface area contributed by atoms with Crippen LogP contribution in [0.4, 0.5) is 35.1 Å². The van der Waals surface area contributed by atoms with E-state index in [4.69, 9.17) is 10.5 Å². The van der Waals surface area contributed by atoms with E-state index in [2.05, 4.69) is 20.0 Å². The smallest absolute Gasteiger partial charge is 0.206 e. The Hall–Kier alpha value is -4.72. The van der Waals surface area contributed by atoms with Crippen LogP contribution in [0.25, 0.3) is 43.6 Å². The molecule has 1 heterocycles. The SMILES string of the molecule is N#C/N=c1/c2nc3c(nc2c2c(F)c(F)c(F)c(F)c12)/c(=N/C#N)c1c(F)c(F)c(F)c(F)c13. The van der Waals surface area contributed by atoms with Gasteiger partial charge in [0.1, 0.15) is 32.8 Å². The third kappa shape index (κ3) is 2.36. The van der Waals surface area contributed by atoms with Crippen LogP contribution in [-0.4, -0.2) is 9.97 Å². The second-order valence-electron chi connectivity index (χ2n) is 6.75. The first-order chi connectivity index (χ1) is 16.1. The number of nitrogens with zero attached hydrogens (tertiary/aromatic N) is 6. The molecule has 0 spiro atoms. The first-order valence-corrected chi connectivity index (χ1v) is 8.75. The molecule has 5 aromatic rings. The minimum absolute atomic E-state index is 0.702. The lowest BCUT2D eigenvalue weighted by atomic mass is 10.2. The summed E-state index contributed by atoms with van der Waals surface area (Å²) in [5.41, 5.74) is -2.91. The molecule has 0 aliphatic heterocycles. The Morgan fingerprint density at radius 1 is 0.441 bits per heavy atom. The number of aromatic nitrogens is 2. The Morgan fingerprint density at radius 3 is 1.03 bits per heavy atom. The molecule has 0 atom stereocenters. The highest BCUT2D eigenvalue weighted by atomic mass is 19.2. The minimum Gasteiger partial charge on any atom is -0.241 e. The summed E-state index contributed by atoms with van der Waals surface area (Å²) in [5.74, 6) is -16.7. The summed E-state index contributed by atoms with van der Waals surface area (Å²) in [4.78, 5) is 14.1. The normalized spacial score (nSPS) is 13.0. The highest BCUT2D eigenvalue weighted by molar-refractivity contribution is 6.15. The third-order valence-corrected chi connectivity index (χ3v) is 5.15. The van der Waals surface area contributed by atoms with E-state index < -0.39 is 101 Å². The quantitative estimate of drug-likeness (QED) is 0.147. The highest BCUT2D eigenvalue weighted by Gasteiger charge is 2.31. The fourth-order valence-corrected chi connectivity index (χ4v) is 3.82. The summed E-state index contributed by atoms with van der Waals surface area (Å²) in [5, 5.41) is 12.1. The van der Waals surface area contributed by atoms with Crippen LogP contribution >= 0.6 is 0 Å². The second kappa shape index (κ2) is 6.89. The van der Waals surface area contributed by atoms with Crippen molar-refractivity contribution in [2.24, 2.45) is 9.98 Å². The molecule has 0 bridgehead atoms. The van der Waals surface area contributed by atoms with Gasteiger partial charge in [-0.2, -0.15) is 20.5 Å². The van der Waals surface area contributed by atoms with Gasteiger partial charge >= 0.3 is 0 Å². The third-order valence-electron chi connectivity index (χ3n) is 5.15. The molecule has 14 heteroatoms. The Bertz CT molecular complexity index is 1830. The van der Waals surface area contributed by atoms with Crippen molar-refractivity contribution < 1.29 is 35.1 Å². The van der Waals surface area contributed by atoms with Gasteiger partial charge in [0, 0.05) is 0 Å². The summed E-state index contributed by atoms with van der Waals surface area (Å²) < 4.78 is 114. The van der Waals surface area contributed by atoms with Crippen molar-refractivity contribution in [3.05, 3.63) is 57.3 Å². The van der Waals surface area contributed by atoms with Crippen molar-refractivity contribution in [1.29, 1.82) is 10.5 Å². The standard InChI is InChI=1S/C20F8N6/c21-7-3-5(9(23)13(27)11(7)25)17-19(15(3)31-1-29)33-18-6-4(16(32-2-30)20(18)34-17)8(22)12(26)14(28)10(6)24/b31-15+,32-16+. The van der Waals surface area contributed by atoms with Crippen LogP contribution in [-0.2, 0) is 0 Å². The topological polar surface area (TPSA) is 98.1 Å². The molecule has 166 valence electrons. The molecule has 5 rings (SSSR count). The van der Waals surface area contributed by atoms with Gasteiger partial charge in [-0.1, -0.05) is 0 Å². The van der Waals surface area contributed by atoms with Gasteiger partial charge in [-0.15, -0.1) is 0 Å². The fourth-order valence-electron chi connectivity index (χ4n) is 3.82. The van der Waals surface area contributed by atoms with E-state index in [0.29, 0.717) is 0 Å². The molecular formula is C20F8N6. The van der Waals surface area contributed by atoms with Crippen LogP contribution in [0.1, 0.15) is 0 Å². The largest absolute Gasteiger partial charge is 0.241 e. The molecule has 0 fully saturated rings. The van der Waals surface area contributed by atoms with Crippen LogP contribution in [0.5, 0.6) is 0 Å². The first-order valence-electron chi connectivity index (χ1n) is 8.75. The molecule has 0 unspecified atom stereocenters. The van der Waals surface area contributed by atoms with Gasteiger partial charge in [0.05, 0.1) is 21.5 Å². The molecule has 0 N–H and O–H groups in total. The van der Waals surface area contributed by atoms with E-state index >= 15 is 0 Å². The number of hydrogen-bond acceptors (Lipinski definition) is 6. The van der Waals surface area contributed by atoms with Gasteiger partial charge in [0.15, 0.2) is 46.5 Å².